The summed E-state index contributed by atoms with van der Waals surface area (Å²) in [5.41, 5.74) is 0. The van der Waals surface area contributed by atoms with E-state index in [-0.39, 0.29) is 11.8 Å². The minimum atomic E-state index is -3.11. The molecule has 100 valence electrons. The van der Waals surface area contributed by atoms with Crippen LogP contribution in [0.3, 0.4) is 0 Å². The van der Waals surface area contributed by atoms with E-state index in [0.29, 0.717) is 0 Å². The Morgan fingerprint density at radius 2 is 1.29 bits per heavy atom. The van der Waals surface area contributed by atoms with Gasteiger partial charge in [-0.3, -0.25) is 0 Å². The van der Waals surface area contributed by atoms with Crippen LogP contribution in [0, 0.1) is 11.8 Å². The molecule has 0 bridgehead atoms. The van der Waals surface area contributed by atoms with Crippen molar-refractivity contribution >= 4 is 33.4 Å². The Labute approximate surface area is 114 Å². The van der Waals surface area contributed by atoms with E-state index in [9.17, 15) is 8.42 Å². The van der Waals surface area contributed by atoms with Gasteiger partial charge in [0, 0.05) is 0 Å². The van der Waals surface area contributed by atoms with Crippen LogP contribution in [0.15, 0.2) is 0 Å². The molecule has 2 aliphatic rings. The molecule has 4 atom stereocenters. The lowest BCUT2D eigenvalue weighted by molar-refractivity contribution is 0.464. The molecule has 2 rings (SSSR count). The normalized spacial score (nSPS) is 47.5. The predicted octanol–water partition coefficient (Wildman–Crippen LogP) is 3.38. The molecule has 0 radical (unpaired) electrons. The molecule has 0 aliphatic carbocycles. The summed E-state index contributed by atoms with van der Waals surface area (Å²) < 4.78 is 25.0. The lowest BCUT2D eigenvalue weighted by Crippen LogP contribution is -2.48. The van der Waals surface area contributed by atoms with Crippen molar-refractivity contribution in [3.05, 3.63) is 0 Å². The summed E-state index contributed by atoms with van der Waals surface area (Å²) in [5.74, 6) is 2.49. The van der Waals surface area contributed by atoms with Gasteiger partial charge in [-0.1, -0.05) is 13.8 Å². The van der Waals surface area contributed by atoms with E-state index >= 15 is 0 Å². The molecule has 17 heavy (non-hydrogen) atoms. The van der Waals surface area contributed by atoms with E-state index in [2.05, 4.69) is 13.8 Å². The van der Waals surface area contributed by atoms with Crippen LogP contribution < -0.4 is 0 Å². The third-order valence-corrected chi connectivity index (χ3v) is 12.5. The molecule has 4 unspecified atom stereocenters. The van der Waals surface area contributed by atoms with Crippen LogP contribution in [0.1, 0.15) is 40.5 Å². The van der Waals surface area contributed by atoms with E-state index in [0.717, 1.165) is 24.3 Å². The Balaban J connectivity index is 2.43. The van der Waals surface area contributed by atoms with Crippen LogP contribution in [0.5, 0.6) is 0 Å². The number of sulfone groups is 1. The van der Waals surface area contributed by atoms with Crippen LogP contribution in [0.25, 0.3) is 0 Å². The Kier molecular flexibility index (Phi) is 3.59. The van der Waals surface area contributed by atoms with Crippen molar-refractivity contribution in [2.45, 2.75) is 48.7 Å². The van der Waals surface area contributed by atoms with Crippen molar-refractivity contribution in [2.24, 2.45) is 11.8 Å². The molecular formula is C12H22O2S3. The van der Waals surface area contributed by atoms with Gasteiger partial charge >= 0.3 is 0 Å². The Bertz CT molecular complexity index is 374. The maximum Gasteiger partial charge on any atom is 0.180 e. The highest BCUT2D eigenvalue weighted by molar-refractivity contribution is 8.22. The van der Waals surface area contributed by atoms with E-state index in [1.165, 1.54) is 0 Å². The third-order valence-electron chi connectivity index (χ3n) is 4.74. The number of hydrogen-bond donors (Lipinski definition) is 0. The van der Waals surface area contributed by atoms with E-state index in [1.54, 1.807) is 23.5 Å². The fourth-order valence-corrected chi connectivity index (χ4v) is 10.4. The summed E-state index contributed by atoms with van der Waals surface area (Å²) in [6.45, 7) is 8.07. The SMILES string of the molecule is CC1CCSC1(C)S(=O)(=O)C1(C)SCCC1C. The standard InChI is InChI=1S/C12H22O2S3/c1-9-5-7-15-11(9,3)17(13,14)12(4)10(2)6-8-16-12/h9-10H,5-8H2,1-4H3. The highest BCUT2D eigenvalue weighted by Gasteiger charge is 2.59. The van der Waals surface area contributed by atoms with Crippen molar-refractivity contribution in [1.29, 1.82) is 0 Å². The molecule has 0 aromatic heterocycles. The minimum Gasteiger partial charge on any atom is -0.226 e. The molecule has 2 fully saturated rings. The van der Waals surface area contributed by atoms with Gasteiger partial charge in [0.15, 0.2) is 9.84 Å². The lowest BCUT2D eigenvalue weighted by Gasteiger charge is -2.38. The number of rotatable bonds is 2. The molecule has 5 heteroatoms. The molecule has 0 aromatic carbocycles. The van der Waals surface area contributed by atoms with Gasteiger partial charge in [0.2, 0.25) is 0 Å². The van der Waals surface area contributed by atoms with Crippen molar-refractivity contribution in [1.82, 2.24) is 0 Å². The zero-order valence-electron chi connectivity index (χ0n) is 11.0. The van der Waals surface area contributed by atoms with Gasteiger partial charge < -0.3 is 0 Å². The maximum atomic E-state index is 13.1. The van der Waals surface area contributed by atoms with Crippen LogP contribution in [-0.2, 0) is 9.84 Å². The predicted molar refractivity (Wildman–Crippen MR) is 78.2 cm³/mol. The second-order valence-corrected chi connectivity index (χ2v) is 11.9. The van der Waals surface area contributed by atoms with Crippen molar-refractivity contribution < 1.29 is 8.42 Å². The van der Waals surface area contributed by atoms with Gasteiger partial charge in [-0.15, -0.1) is 23.5 Å². The van der Waals surface area contributed by atoms with Crippen LogP contribution in [0.2, 0.25) is 0 Å². The molecule has 0 amide bonds. The molecule has 0 aromatic rings. The highest BCUT2D eigenvalue weighted by atomic mass is 32.3. The van der Waals surface area contributed by atoms with E-state index in [1.807, 2.05) is 13.8 Å². The zero-order chi connectivity index (χ0) is 12.9. The number of thioether (sulfide) groups is 2. The summed E-state index contributed by atoms with van der Waals surface area (Å²) >= 11 is 3.29. The highest BCUT2D eigenvalue weighted by Crippen LogP contribution is 2.57. The zero-order valence-corrected chi connectivity index (χ0v) is 13.5. The molecule has 2 saturated heterocycles. The van der Waals surface area contributed by atoms with Gasteiger partial charge in [-0.25, -0.2) is 8.42 Å². The Morgan fingerprint density at radius 1 is 0.941 bits per heavy atom. The van der Waals surface area contributed by atoms with E-state index < -0.39 is 18.0 Å². The first-order chi connectivity index (χ1) is 7.76. The first-order valence-corrected chi connectivity index (χ1v) is 9.73. The van der Waals surface area contributed by atoms with E-state index in [4.69, 9.17) is 0 Å². The molecule has 0 N–H and O–H groups in total. The summed E-state index contributed by atoms with van der Waals surface area (Å²) in [4.78, 5) is 0. The van der Waals surface area contributed by atoms with Gasteiger partial charge in [-0.05, 0) is 50.0 Å². The average molecular weight is 295 g/mol. The Morgan fingerprint density at radius 3 is 1.53 bits per heavy atom. The first-order valence-electron chi connectivity index (χ1n) is 6.28. The smallest absolute Gasteiger partial charge is 0.180 e. The summed E-state index contributed by atoms with van der Waals surface area (Å²) in [6, 6.07) is 0. The maximum absolute atomic E-state index is 13.1. The summed E-state index contributed by atoms with van der Waals surface area (Å²) in [7, 11) is -3.11. The van der Waals surface area contributed by atoms with Crippen molar-refractivity contribution in [3.63, 3.8) is 0 Å². The van der Waals surface area contributed by atoms with Crippen molar-refractivity contribution in [3.8, 4) is 0 Å². The lowest BCUT2D eigenvalue weighted by atomic mass is 10.1. The van der Waals surface area contributed by atoms with Crippen LogP contribution in [0.4, 0.5) is 0 Å². The van der Waals surface area contributed by atoms with Gasteiger partial charge in [0.25, 0.3) is 0 Å². The Hall–Kier alpha value is 0.650. The van der Waals surface area contributed by atoms with Crippen LogP contribution >= 0.6 is 23.5 Å². The van der Waals surface area contributed by atoms with Gasteiger partial charge in [0.1, 0.15) is 8.16 Å². The summed E-state index contributed by atoms with van der Waals surface area (Å²) in [5, 5.41) is 0. The molecule has 2 nitrogen and oxygen atoms in total. The second-order valence-electron chi connectivity index (χ2n) is 5.61. The first kappa shape index (κ1) is 14.1. The largest absolute Gasteiger partial charge is 0.226 e. The third kappa shape index (κ3) is 1.79. The topological polar surface area (TPSA) is 34.1 Å². The average Bonchev–Trinajstić information content (AvgIpc) is 2.75. The molecule has 0 spiro atoms. The molecule has 2 aliphatic heterocycles. The molecular weight excluding hydrogens is 272 g/mol. The molecule has 2 heterocycles. The quantitative estimate of drug-likeness (QED) is 0.782. The minimum absolute atomic E-state index is 0.266. The fourth-order valence-electron chi connectivity index (χ4n) is 2.77. The van der Waals surface area contributed by atoms with Gasteiger partial charge in [-0.2, -0.15) is 0 Å². The van der Waals surface area contributed by atoms with Crippen molar-refractivity contribution in [2.75, 3.05) is 11.5 Å². The fraction of sp³-hybridized carbons (Fsp3) is 1.00. The monoisotopic (exact) mass is 294 g/mol. The number of hydrogen-bond acceptors (Lipinski definition) is 4. The molecule has 0 saturated carbocycles. The second kappa shape index (κ2) is 4.34. The summed E-state index contributed by atoms with van der Waals surface area (Å²) in [6.07, 6.45) is 2.05. The van der Waals surface area contributed by atoms with Gasteiger partial charge in [0.05, 0.1) is 0 Å². The van der Waals surface area contributed by atoms with Crippen LogP contribution in [-0.4, -0.2) is 28.1 Å².